The van der Waals surface area contributed by atoms with Gasteiger partial charge in [-0.05, 0) is 81.0 Å². The van der Waals surface area contributed by atoms with Crippen molar-refractivity contribution >= 4 is 12.0 Å². The number of aryl methyl sites for hydroxylation is 3. The molecular weight excluding hydrogens is 360 g/mol. The Morgan fingerprint density at radius 3 is 2.25 bits per heavy atom. The van der Waals surface area contributed by atoms with E-state index >= 15 is 0 Å². The van der Waals surface area contributed by atoms with Gasteiger partial charge in [0.15, 0.2) is 0 Å². The minimum atomic E-state index is -2.86. The van der Waals surface area contributed by atoms with Crippen molar-refractivity contribution in [3.05, 3.63) is 68.5 Å². The molecule has 1 aromatic carbocycles. The lowest BCUT2D eigenvalue weighted by Gasteiger charge is -2.16. The van der Waals surface area contributed by atoms with Gasteiger partial charge in [-0.3, -0.25) is 4.98 Å². The third-order valence-corrected chi connectivity index (χ3v) is 5.03. The molecular formula is C23H27F2NO2. The summed E-state index contributed by atoms with van der Waals surface area (Å²) in [5, 5.41) is 0. The highest BCUT2D eigenvalue weighted by Gasteiger charge is 2.25. The zero-order chi connectivity index (χ0) is 21.2. The van der Waals surface area contributed by atoms with E-state index in [1.165, 1.54) is 13.3 Å². The number of aromatic nitrogens is 1. The second-order valence-corrected chi connectivity index (χ2v) is 7.43. The summed E-state index contributed by atoms with van der Waals surface area (Å²) in [7, 11) is 1.35. The topological polar surface area (TPSA) is 39.2 Å². The van der Waals surface area contributed by atoms with E-state index in [-0.39, 0.29) is 5.56 Å². The number of rotatable bonds is 5. The van der Waals surface area contributed by atoms with E-state index in [4.69, 9.17) is 4.74 Å². The zero-order valence-electron chi connectivity index (χ0n) is 17.5. The zero-order valence-corrected chi connectivity index (χ0v) is 17.5. The summed E-state index contributed by atoms with van der Waals surface area (Å²) in [4.78, 5) is 16.3. The number of esters is 1. The third kappa shape index (κ3) is 4.64. The van der Waals surface area contributed by atoms with Crippen molar-refractivity contribution < 1.29 is 18.3 Å². The second-order valence-electron chi connectivity index (χ2n) is 7.43. The number of hydrogen-bond donors (Lipinski definition) is 0. The summed E-state index contributed by atoms with van der Waals surface area (Å²) < 4.78 is 32.1. The first-order chi connectivity index (χ1) is 13.0. The van der Waals surface area contributed by atoms with E-state index < -0.39 is 11.9 Å². The number of benzene rings is 1. The molecule has 0 amide bonds. The van der Waals surface area contributed by atoms with Crippen molar-refractivity contribution in [2.75, 3.05) is 7.11 Å². The van der Waals surface area contributed by atoms with Gasteiger partial charge in [-0.1, -0.05) is 11.6 Å². The van der Waals surface area contributed by atoms with Gasteiger partial charge in [-0.15, -0.1) is 0 Å². The second kappa shape index (κ2) is 8.21. The molecule has 0 aliphatic rings. The van der Waals surface area contributed by atoms with Crippen molar-refractivity contribution in [2.24, 2.45) is 0 Å². The van der Waals surface area contributed by atoms with Gasteiger partial charge < -0.3 is 4.74 Å². The van der Waals surface area contributed by atoms with Crippen LogP contribution in [0.25, 0.3) is 6.08 Å². The summed E-state index contributed by atoms with van der Waals surface area (Å²) >= 11 is 0. The van der Waals surface area contributed by atoms with Crippen LogP contribution in [0.1, 0.15) is 63.3 Å². The highest BCUT2D eigenvalue weighted by atomic mass is 19.3. The highest BCUT2D eigenvalue weighted by molar-refractivity contribution is 5.91. The molecule has 0 aliphatic heterocycles. The van der Waals surface area contributed by atoms with Crippen molar-refractivity contribution in [1.29, 1.82) is 0 Å². The minimum Gasteiger partial charge on any atom is -0.465 e. The van der Waals surface area contributed by atoms with Gasteiger partial charge in [0.25, 0.3) is 5.92 Å². The fourth-order valence-electron chi connectivity index (χ4n) is 3.38. The standard InChI is InChI=1S/C23H27F2NO2/c1-13(8-19-14(2)10-18(11-15(19)3)23(6,24)25)9-20-16(4)21(22(27)28-7)12-26-17(20)5/h8,10-12H,9H2,1-7H3/b13-8+. The molecule has 0 bridgehead atoms. The van der Waals surface area contributed by atoms with E-state index in [1.807, 2.05) is 40.7 Å². The number of carbonyl (C=O) groups is 1. The van der Waals surface area contributed by atoms with Gasteiger partial charge in [0.1, 0.15) is 0 Å². The van der Waals surface area contributed by atoms with Gasteiger partial charge in [0.05, 0.1) is 12.7 Å². The molecule has 5 heteroatoms. The molecule has 1 aromatic heterocycles. The molecule has 0 saturated heterocycles. The van der Waals surface area contributed by atoms with Crippen LogP contribution in [0.4, 0.5) is 8.78 Å². The number of nitrogens with zero attached hydrogens (tertiary/aromatic N) is 1. The summed E-state index contributed by atoms with van der Waals surface area (Å²) in [6, 6.07) is 3.09. The van der Waals surface area contributed by atoms with Crippen LogP contribution in [0.3, 0.4) is 0 Å². The lowest BCUT2D eigenvalue weighted by molar-refractivity contribution is 0.0173. The summed E-state index contributed by atoms with van der Waals surface area (Å²) in [5.41, 5.74) is 6.78. The molecule has 0 fully saturated rings. The molecule has 2 aromatic rings. The molecule has 3 nitrogen and oxygen atoms in total. The molecule has 0 aliphatic carbocycles. The molecule has 1 heterocycles. The van der Waals surface area contributed by atoms with Crippen molar-refractivity contribution in [3.63, 3.8) is 0 Å². The maximum atomic E-state index is 13.7. The number of pyridine rings is 1. The van der Waals surface area contributed by atoms with Crippen LogP contribution in [0.15, 0.2) is 23.9 Å². The first kappa shape index (κ1) is 21.7. The number of halogens is 2. The monoisotopic (exact) mass is 387 g/mol. The normalized spacial score (nSPS) is 12.2. The smallest absolute Gasteiger partial charge is 0.339 e. The number of allylic oxidation sites excluding steroid dienone is 1. The average molecular weight is 387 g/mol. The summed E-state index contributed by atoms with van der Waals surface area (Å²) in [6.45, 7) is 10.4. The van der Waals surface area contributed by atoms with Gasteiger partial charge in [0, 0.05) is 24.4 Å². The van der Waals surface area contributed by atoms with Crippen molar-refractivity contribution in [3.8, 4) is 0 Å². The van der Waals surface area contributed by atoms with Crippen LogP contribution in [0, 0.1) is 27.7 Å². The largest absolute Gasteiger partial charge is 0.465 e. The van der Waals surface area contributed by atoms with E-state index in [0.717, 1.165) is 46.0 Å². The number of ether oxygens (including phenoxy) is 1. The number of carbonyl (C=O) groups excluding carboxylic acids is 1. The SMILES string of the molecule is COC(=O)c1cnc(C)c(C/C(C)=C/c2c(C)cc(C(C)(F)F)cc2C)c1C. The summed E-state index contributed by atoms with van der Waals surface area (Å²) in [6.07, 6.45) is 4.17. The predicted octanol–water partition coefficient (Wildman–Crippen LogP) is 5.86. The Kier molecular flexibility index (Phi) is 6.37. The molecule has 150 valence electrons. The van der Waals surface area contributed by atoms with Crippen LogP contribution in [0.5, 0.6) is 0 Å². The Labute approximate surface area is 165 Å². The van der Waals surface area contributed by atoms with Gasteiger partial charge in [-0.25, -0.2) is 13.6 Å². The van der Waals surface area contributed by atoms with E-state index in [1.54, 1.807) is 12.1 Å². The van der Waals surface area contributed by atoms with Crippen molar-refractivity contribution in [2.45, 2.75) is 53.9 Å². The Morgan fingerprint density at radius 1 is 1.18 bits per heavy atom. The molecule has 0 spiro atoms. The Hall–Kier alpha value is -2.56. The Balaban J connectivity index is 2.42. The van der Waals surface area contributed by atoms with E-state index in [2.05, 4.69) is 4.98 Å². The third-order valence-electron chi connectivity index (χ3n) is 5.03. The summed E-state index contributed by atoms with van der Waals surface area (Å²) in [5.74, 6) is -3.27. The van der Waals surface area contributed by atoms with E-state index in [9.17, 15) is 13.6 Å². The average Bonchev–Trinajstić information content (AvgIpc) is 2.60. The molecule has 0 unspecified atom stereocenters. The number of alkyl halides is 2. The minimum absolute atomic E-state index is 0.0268. The fraction of sp³-hybridized carbons (Fsp3) is 0.391. The Morgan fingerprint density at radius 2 is 1.75 bits per heavy atom. The van der Waals surface area contributed by atoms with E-state index in [0.29, 0.717) is 12.0 Å². The predicted molar refractivity (Wildman–Crippen MR) is 108 cm³/mol. The Bertz CT molecular complexity index is 917. The highest BCUT2D eigenvalue weighted by Crippen LogP contribution is 2.31. The van der Waals surface area contributed by atoms with Crippen LogP contribution < -0.4 is 0 Å². The molecule has 0 atom stereocenters. The van der Waals surface area contributed by atoms with Crippen LogP contribution in [0.2, 0.25) is 0 Å². The first-order valence-electron chi connectivity index (χ1n) is 9.15. The lowest BCUT2D eigenvalue weighted by atomic mass is 9.92. The molecule has 0 radical (unpaired) electrons. The number of hydrogen-bond acceptors (Lipinski definition) is 3. The molecule has 0 saturated carbocycles. The molecule has 28 heavy (non-hydrogen) atoms. The maximum Gasteiger partial charge on any atom is 0.339 e. The van der Waals surface area contributed by atoms with Crippen LogP contribution in [-0.2, 0) is 17.1 Å². The van der Waals surface area contributed by atoms with Gasteiger partial charge >= 0.3 is 5.97 Å². The lowest BCUT2D eigenvalue weighted by Crippen LogP contribution is -2.09. The van der Waals surface area contributed by atoms with Crippen molar-refractivity contribution in [1.82, 2.24) is 4.98 Å². The van der Waals surface area contributed by atoms with Gasteiger partial charge in [-0.2, -0.15) is 0 Å². The maximum absolute atomic E-state index is 13.7. The fourth-order valence-corrected chi connectivity index (χ4v) is 3.38. The first-order valence-corrected chi connectivity index (χ1v) is 9.15. The van der Waals surface area contributed by atoms with Gasteiger partial charge in [0.2, 0.25) is 0 Å². The molecule has 0 N–H and O–H groups in total. The molecule has 2 rings (SSSR count). The van der Waals surface area contributed by atoms with Crippen LogP contribution in [-0.4, -0.2) is 18.1 Å². The number of methoxy groups -OCH3 is 1. The quantitative estimate of drug-likeness (QED) is 0.603. The van der Waals surface area contributed by atoms with Crippen LogP contribution >= 0.6 is 0 Å².